The number of rotatable bonds is 1. The highest BCUT2D eigenvalue weighted by Crippen LogP contribution is 2.37. The van der Waals surface area contributed by atoms with Gasteiger partial charge in [0.05, 0.1) is 6.10 Å². The molecule has 0 amide bonds. The Bertz CT molecular complexity index is 188. The lowest BCUT2D eigenvalue weighted by molar-refractivity contribution is 0.0250. The van der Waals surface area contributed by atoms with Crippen LogP contribution in [-0.2, 0) is 0 Å². The Hall–Kier alpha value is -0.480. The molecule has 68 valence electrons. The molecule has 1 fully saturated rings. The topological polar surface area (TPSA) is 20.2 Å². The van der Waals surface area contributed by atoms with Crippen LogP contribution >= 0.6 is 0 Å². The Morgan fingerprint density at radius 3 is 2.42 bits per heavy atom. The molecule has 1 saturated carbocycles. The molecule has 2 unspecified atom stereocenters. The van der Waals surface area contributed by atoms with Gasteiger partial charge in [0.25, 0.3) is 0 Å². The normalized spacial score (nSPS) is 31.2. The average molecular weight is 166 g/mol. The van der Waals surface area contributed by atoms with Crippen LogP contribution < -0.4 is 0 Å². The van der Waals surface area contributed by atoms with Crippen molar-refractivity contribution in [1.29, 1.82) is 0 Å². The standard InChI is InChI=1S/C11H18O/c1-4-11(2,3)9-7-5-6-8-10(9)12/h1,9-10,12H,5-8H2,2-3H3. The van der Waals surface area contributed by atoms with Gasteiger partial charge in [0.15, 0.2) is 0 Å². The number of aliphatic hydroxyl groups excluding tert-OH is 1. The molecule has 0 aliphatic heterocycles. The first kappa shape index (κ1) is 9.61. The smallest absolute Gasteiger partial charge is 0.0582 e. The first-order valence-electron chi connectivity index (χ1n) is 4.74. The van der Waals surface area contributed by atoms with Crippen molar-refractivity contribution in [3.8, 4) is 12.3 Å². The van der Waals surface area contributed by atoms with E-state index in [1.54, 1.807) is 0 Å². The Labute approximate surface area is 75.2 Å². The molecule has 0 aromatic heterocycles. The number of terminal acetylenes is 1. The first-order chi connectivity index (χ1) is 5.58. The molecule has 0 bridgehead atoms. The van der Waals surface area contributed by atoms with E-state index < -0.39 is 0 Å². The van der Waals surface area contributed by atoms with Gasteiger partial charge in [-0.3, -0.25) is 0 Å². The maximum atomic E-state index is 9.74. The lowest BCUT2D eigenvalue weighted by Crippen LogP contribution is -2.35. The van der Waals surface area contributed by atoms with E-state index >= 15 is 0 Å². The molecule has 0 radical (unpaired) electrons. The van der Waals surface area contributed by atoms with Crippen LogP contribution in [-0.4, -0.2) is 11.2 Å². The minimum absolute atomic E-state index is 0.139. The third-order valence-corrected chi connectivity index (χ3v) is 3.03. The lowest BCUT2D eigenvalue weighted by Gasteiger charge is -2.36. The molecule has 0 aromatic rings. The van der Waals surface area contributed by atoms with Crippen LogP contribution in [0.5, 0.6) is 0 Å². The van der Waals surface area contributed by atoms with Crippen LogP contribution in [0.1, 0.15) is 39.5 Å². The maximum absolute atomic E-state index is 9.74. The van der Waals surface area contributed by atoms with Gasteiger partial charge in [-0.15, -0.1) is 12.3 Å². The fourth-order valence-corrected chi connectivity index (χ4v) is 2.06. The van der Waals surface area contributed by atoms with Gasteiger partial charge in [0.2, 0.25) is 0 Å². The third-order valence-electron chi connectivity index (χ3n) is 3.03. The van der Waals surface area contributed by atoms with E-state index in [2.05, 4.69) is 5.92 Å². The zero-order valence-electron chi connectivity index (χ0n) is 8.01. The van der Waals surface area contributed by atoms with E-state index in [1.807, 2.05) is 13.8 Å². The van der Waals surface area contributed by atoms with Crippen LogP contribution in [0.25, 0.3) is 0 Å². The van der Waals surface area contributed by atoms with E-state index in [4.69, 9.17) is 6.42 Å². The fraction of sp³-hybridized carbons (Fsp3) is 0.818. The molecule has 1 N–H and O–H groups in total. The molecule has 1 aliphatic rings. The lowest BCUT2D eigenvalue weighted by atomic mass is 9.70. The third kappa shape index (κ3) is 1.81. The summed E-state index contributed by atoms with van der Waals surface area (Å²) in [6.45, 7) is 4.10. The second-order valence-electron chi connectivity index (χ2n) is 4.32. The number of hydrogen-bond acceptors (Lipinski definition) is 1. The van der Waals surface area contributed by atoms with Gasteiger partial charge in [-0.05, 0) is 26.7 Å². The van der Waals surface area contributed by atoms with Crippen molar-refractivity contribution in [2.24, 2.45) is 11.3 Å². The number of hydrogen-bond donors (Lipinski definition) is 1. The summed E-state index contributed by atoms with van der Waals surface area (Å²) < 4.78 is 0. The van der Waals surface area contributed by atoms with Crippen LogP contribution in [0.15, 0.2) is 0 Å². The van der Waals surface area contributed by atoms with Gasteiger partial charge in [0.1, 0.15) is 0 Å². The summed E-state index contributed by atoms with van der Waals surface area (Å²) in [6.07, 6.45) is 9.64. The molecule has 0 aromatic carbocycles. The minimum Gasteiger partial charge on any atom is -0.393 e. The van der Waals surface area contributed by atoms with Crippen molar-refractivity contribution in [1.82, 2.24) is 0 Å². The van der Waals surface area contributed by atoms with Crippen molar-refractivity contribution in [3.63, 3.8) is 0 Å². The maximum Gasteiger partial charge on any atom is 0.0582 e. The quantitative estimate of drug-likeness (QED) is 0.592. The monoisotopic (exact) mass is 166 g/mol. The molecule has 0 spiro atoms. The van der Waals surface area contributed by atoms with E-state index in [1.165, 1.54) is 6.42 Å². The van der Waals surface area contributed by atoms with E-state index in [-0.39, 0.29) is 11.5 Å². The van der Waals surface area contributed by atoms with Crippen LogP contribution in [0.3, 0.4) is 0 Å². The van der Waals surface area contributed by atoms with E-state index in [9.17, 15) is 5.11 Å². The molecule has 0 saturated heterocycles. The Kier molecular flexibility index (Phi) is 2.80. The molecular weight excluding hydrogens is 148 g/mol. The van der Waals surface area contributed by atoms with Crippen LogP contribution in [0, 0.1) is 23.7 Å². The minimum atomic E-state index is -0.176. The van der Waals surface area contributed by atoms with E-state index in [0.29, 0.717) is 5.92 Å². The molecule has 1 rings (SSSR count). The van der Waals surface area contributed by atoms with Crippen LogP contribution in [0.2, 0.25) is 0 Å². The molecule has 2 atom stereocenters. The average Bonchev–Trinajstić information content (AvgIpc) is 2.05. The molecule has 12 heavy (non-hydrogen) atoms. The van der Waals surface area contributed by atoms with Gasteiger partial charge in [0, 0.05) is 11.3 Å². The van der Waals surface area contributed by atoms with Gasteiger partial charge < -0.3 is 5.11 Å². The Balaban J connectivity index is 2.67. The summed E-state index contributed by atoms with van der Waals surface area (Å²) >= 11 is 0. The largest absolute Gasteiger partial charge is 0.393 e. The van der Waals surface area contributed by atoms with Crippen molar-refractivity contribution in [3.05, 3.63) is 0 Å². The zero-order chi connectivity index (χ0) is 9.19. The van der Waals surface area contributed by atoms with Gasteiger partial charge in [-0.1, -0.05) is 12.8 Å². The SMILES string of the molecule is C#CC(C)(C)C1CCCCC1O. The van der Waals surface area contributed by atoms with Crippen molar-refractivity contribution >= 4 is 0 Å². The molecule has 1 heteroatoms. The summed E-state index contributed by atoms with van der Waals surface area (Å²) in [6, 6.07) is 0. The summed E-state index contributed by atoms with van der Waals surface area (Å²) in [7, 11) is 0. The summed E-state index contributed by atoms with van der Waals surface area (Å²) in [5.41, 5.74) is -0.139. The van der Waals surface area contributed by atoms with Gasteiger partial charge >= 0.3 is 0 Å². The van der Waals surface area contributed by atoms with Crippen molar-refractivity contribution in [2.75, 3.05) is 0 Å². The highest BCUT2D eigenvalue weighted by molar-refractivity contribution is 5.06. The fourth-order valence-electron chi connectivity index (χ4n) is 2.06. The Morgan fingerprint density at radius 2 is 1.92 bits per heavy atom. The second-order valence-corrected chi connectivity index (χ2v) is 4.32. The van der Waals surface area contributed by atoms with Gasteiger partial charge in [-0.25, -0.2) is 0 Å². The molecular formula is C11H18O. The highest BCUT2D eigenvalue weighted by atomic mass is 16.3. The highest BCUT2D eigenvalue weighted by Gasteiger charge is 2.34. The first-order valence-corrected chi connectivity index (χ1v) is 4.74. The summed E-state index contributed by atoms with van der Waals surface area (Å²) in [5.74, 6) is 3.08. The van der Waals surface area contributed by atoms with Crippen molar-refractivity contribution < 1.29 is 5.11 Å². The van der Waals surface area contributed by atoms with Gasteiger partial charge in [-0.2, -0.15) is 0 Å². The van der Waals surface area contributed by atoms with E-state index in [0.717, 1.165) is 19.3 Å². The van der Waals surface area contributed by atoms with Crippen molar-refractivity contribution in [2.45, 2.75) is 45.6 Å². The molecule has 1 aliphatic carbocycles. The predicted octanol–water partition coefficient (Wildman–Crippen LogP) is 2.20. The summed E-state index contributed by atoms with van der Waals surface area (Å²) in [5, 5.41) is 9.74. The molecule has 1 nitrogen and oxygen atoms in total. The summed E-state index contributed by atoms with van der Waals surface area (Å²) in [4.78, 5) is 0. The van der Waals surface area contributed by atoms with Crippen LogP contribution in [0.4, 0.5) is 0 Å². The Morgan fingerprint density at radius 1 is 1.33 bits per heavy atom. The predicted molar refractivity (Wildman–Crippen MR) is 50.6 cm³/mol. The second kappa shape index (κ2) is 3.49. The number of aliphatic hydroxyl groups is 1. The molecule has 0 heterocycles. The zero-order valence-corrected chi connectivity index (χ0v) is 8.01.